The average Bonchev–Trinajstić information content (AvgIpc) is 2.31. The normalized spacial score (nSPS) is 23.1. The largest absolute Gasteiger partial charge is 0.484 e. The number of carbonyl (C=O) groups excluding carboxylic acids is 1. The Bertz CT molecular complexity index is 444. The van der Waals surface area contributed by atoms with Crippen molar-refractivity contribution in [1.82, 2.24) is 0 Å². The van der Waals surface area contributed by atoms with Crippen LogP contribution in [0.25, 0.3) is 0 Å². The predicted octanol–water partition coefficient (Wildman–Crippen LogP) is 3.21. The minimum absolute atomic E-state index is 0.117. The molecule has 1 aliphatic heterocycles. The standard InChI is InChI=1S/C13H15BrO3/c1-3-13(8-16-2)7-11(15)10-6-9(14)4-5-12(10)17-13/h4-6H,3,7-8H2,1-2H3. The number of hydrogen-bond donors (Lipinski definition) is 0. The van der Waals surface area contributed by atoms with Crippen molar-refractivity contribution < 1.29 is 14.3 Å². The van der Waals surface area contributed by atoms with Gasteiger partial charge >= 0.3 is 0 Å². The smallest absolute Gasteiger partial charge is 0.170 e. The van der Waals surface area contributed by atoms with Gasteiger partial charge in [0, 0.05) is 11.6 Å². The number of halogens is 1. The van der Waals surface area contributed by atoms with Crippen LogP contribution in [0.1, 0.15) is 30.1 Å². The quantitative estimate of drug-likeness (QED) is 0.859. The Morgan fingerprint density at radius 1 is 1.53 bits per heavy atom. The van der Waals surface area contributed by atoms with Crippen molar-refractivity contribution in [3.8, 4) is 5.75 Å². The molecular weight excluding hydrogens is 284 g/mol. The minimum atomic E-state index is -0.507. The zero-order valence-electron chi connectivity index (χ0n) is 9.96. The lowest BCUT2D eigenvalue weighted by Crippen LogP contribution is -2.45. The van der Waals surface area contributed by atoms with Gasteiger partial charge in [-0.05, 0) is 24.6 Å². The third kappa shape index (κ3) is 2.38. The maximum Gasteiger partial charge on any atom is 0.170 e. The second kappa shape index (κ2) is 4.78. The van der Waals surface area contributed by atoms with Gasteiger partial charge in [-0.15, -0.1) is 0 Å². The number of benzene rings is 1. The van der Waals surface area contributed by atoms with Gasteiger partial charge in [0.05, 0.1) is 18.6 Å². The van der Waals surface area contributed by atoms with Gasteiger partial charge in [-0.2, -0.15) is 0 Å². The zero-order valence-corrected chi connectivity index (χ0v) is 11.5. The van der Waals surface area contributed by atoms with Gasteiger partial charge in [0.25, 0.3) is 0 Å². The van der Waals surface area contributed by atoms with Crippen LogP contribution in [-0.2, 0) is 4.74 Å². The Morgan fingerprint density at radius 3 is 2.94 bits per heavy atom. The van der Waals surface area contributed by atoms with Crippen LogP contribution >= 0.6 is 15.9 Å². The molecule has 1 aliphatic rings. The molecule has 1 aromatic carbocycles. The van der Waals surface area contributed by atoms with Crippen molar-refractivity contribution in [2.75, 3.05) is 13.7 Å². The fourth-order valence-electron chi connectivity index (χ4n) is 2.11. The lowest BCUT2D eigenvalue weighted by molar-refractivity contribution is -0.0211. The molecule has 3 nitrogen and oxygen atoms in total. The van der Waals surface area contributed by atoms with E-state index in [1.807, 2.05) is 25.1 Å². The Kier molecular flexibility index (Phi) is 3.54. The van der Waals surface area contributed by atoms with Crippen LogP contribution in [0.15, 0.2) is 22.7 Å². The molecule has 0 spiro atoms. The van der Waals surface area contributed by atoms with E-state index < -0.39 is 5.60 Å². The maximum absolute atomic E-state index is 12.1. The summed E-state index contributed by atoms with van der Waals surface area (Å²) in [5.41, 5.74) is 0.145. The van der Waals surface area contributed by atoms with Crippen molar-refractivity contribution in [2.45, 2.75) is 25.4 Å². The van der Waals surface area contributed by atoms with E-state index in [1.165, 1.54) is 0 Å². The number of rotatable bonds is 3. The summed E-state index contributed by atoms with van der Waals surface area (Å²) in [4.78, 5) is 12.1. The summed E-state index contributed by atoms with van der Waals surface area (Å²) in [5.74, 6) is 0.773. The lowest BCUT2D eigenvalue weighted by Gasteiger charge is -2.36. The van der Waals surface area contributed by atoms with Crippen molar-refractivity contribution in [1.29, 1.82) is 0 Å². The van der Waals surface area contributed by atoms with Gasteiger partial charge in [-0.25, -0.2) is 0 Å². The van der Waals surface area contributed by atoms with Crippen LogP contribution in [0, 0.1) is 0 Å². The summed E-state index contributed by atoms with van der Waals surface area (Å²) < 4.78 is 12.0. The molecule has 0 saturated heterocycles. The monoisotopic (exact) mass is 298 g/mol. The molecule has 1 atom stereocenters. The first-order chi connectivity index (χ1) is 8.10. The molecule has 0 bridgehead atoms. The van der Waals surface area contributed by atoms with Crippen LogP contribution in [0.2, 0.25) is 0 Å². The van der Waals surface area contributed by atoms with Gasteiger partial charge in [-0.3, -0.25) is 4.79 Å². The third-order valence-corrected chi connectivity index (χ3v) is 3.60. The SMILES string of the molecule is CCC1(COC)CC(=O)c2cc(Br)ccc2O1. The van der Waals surface area contributed by atoms with Gasteiger partial charge in [0.15, 0.2) is 5.78 Å². The van der Waals surface area contributed by atoms with Crippen molar-refractivity contribution >= 4 is 21.7 Å². The Balaban J connectivity index is 2.38. The molecule has 17 heavy (non-hydrogen) atoms. The van der Waals surface area contributed by atoms with E-state index >= 15 is 0 Å². The first-order valence-corrected chi connectivity index (χ1v) is 6.40. The van der Waals surface area contributed by atoms with E-state index in [2.05, 4.69) is 15.9 Å². The molecule has 0 N–H and O–H groups in total. The number of methoxy groups -OCH3 is 1. The summed E-state index contributed by atoms with van der Waals surface area (Å²) in [7, 11) is 1.63. The third-order valence-electron chi connectivity index (χ3n) is 3.10. The highest BCUT2D eigenvalue weighted by Crippen LogP contribution is 2.36. The van der Waals surface area contributed by atoms with Crippen LogP contribution in [-0.4, -0.2) is 25.1 Å². The molecular formula is C13H15BrO3. The van der Waals surface area contributed by atoms with E-state index in [-0.39, 0.29) is 5.78 Å². The summed E-state index contributed by atoms with van der Waals surface area (Å²) in [6.45, 7) is 2.45. The van der Waals surface area contributed by atoms with E-state index in [9.17, 15) is 4.79 Å². The second-order valence-corrected chi connectivity index (χ2v) is 5.23. The van der Waals surface area contributed by atoms with Crippen LogP contribution in [0.3, 0.4) is 0 Å². The number of hydrogen-bond acceptors (Lipinski definition) is 3. The molecule has 0 aromatic heterocycles. The number of Topliss-reactive ketones (excluding diaryl/α,β-unsaturated/α-hetero) is 1. The Hall–Kier alpha value is -0.870. The Morgan fingerprint density at radius 2 is 2.29 bits per heavy atom. The number of carbonyl (C=O) groups is 1. The lowest BCUT2D eigenvalue weighted by atomic mass is 9.88. The van der Waals surface area contributed by atoms with Gasteiger partial charge in [-0.1, -0.05) is 22.9 Å². The molecule has 0 amide bonds. The molecule has 0 saturated carbocycles. The highest BCUT2D eigenvalue weighted by molar-refractivity contribution is 9.10. The molecule has 92 valence electrons. The predicted molar refractivity (Wildman–Crippen MR) is 68.6 cm³/mol. The van der Waals surface area contributed by atoms with Crippen molar-refractivity contribution in [3.63, 3.8) is 0 Å². The molecule has 1 unspecified atom stereocenters. The summed E-state index contributed by atoms with van der Waals surface area (Å²) in [6, 6.07) is 5.52. The first-order valence-electron chi connectivity index (χ1n) is 5.61. The summed E-state index contributed by atoms with van der Waals surface area (Å²) in [6.07, 6.45) is 1.13. The topological polar surface area (TPSA) is 35.5 Å². The van der Waals surface area contributed by atoms with E-state index in [4.69, 9.17) is 9.47 Å². The number of ketones is 1. The molecule has 2 rings (SSSR count). The molecule has 0 aliphatic carbocycles. The average molecular weight is 299 g/mol. The molecule has 0 radical (unpaired) electrons. The van der Waals surface area contributed by atoms with Gasteiger partial charge in [0.2, 0.25) is 0 Å². The molecule has 1 heterocycles. The van der Waals surface area contributed by atoms with E-state index in [0.717, 1.165) is 10.9 Å². The maximum atomic E-state index is 12.1. The molecule has 1 aromatic rings. The first kappa shape index (κ1) is 12.6. The van der Waals surface area contributed by atoms with E-state index in [1.54, 1.807) is 7.11 Å². The molecule has 0 fully saturated rings. The number of fused-ring (bicyclic) bond motifs is 1. The van der Waals surface area contributed by atoms with Crippen LogP contribution in [0.4, 0.5) is 0 Å². The van der Waals surface area contributed by atoms with Crippen LogP contribution in [0.5, 0.6) is 5.75 Å². The highest BCUT2D eigenvalue weighted by Gasteiger charge is 2.39. The Labute approximate surface area is 109 Å². The second-order valence-electron chi connectivity index (χ2n) is 4.31. The molecule has 4 heteroatoms. The highest BCUT2D eigenvalue weighted by atomic mass is 79.9. The van der Waals surface area contributed by atoms with Crippen molar-refractivity contribution in [2.24, 2.45) is 0 Å². The summed E-state index contributed by atoms with van der Waals surface area (Å²) in [5, 5.41) is 0. The summed E-state index contributed by atoms with van der Waals surface area (Å²) >= 11 is 3.36. The zero-order chi connectivity index (χ0) is 12.5. The van der Waals surface area contributed by atoms with Crippen LogP contribution < -0.4 is 4.74 Å². The van der Waals surface area contributed by atoms with Gasteiger partial charge in [0.1, 0.15) is 11.4 Å². The van der Waals surface area contributed by atoms with E-state index in [0.29, 0.717) is 24.3 Å². The fourth-order valence-corrected chi connectivity index (χ4v) is 2.47. The minimum Gasteiger partial charge on any atom is -0.484 e. The fraction of sp³-hybridized carbons (Fsp3) is 0.462. The van der Waals surface area contributed by atoms with Gasteiger partial charge < -0.3 is 9.47 Å². The number of ether oxygens (including phenoxy) is 2. The van der Waals surface area contributed by atoms with Crippen molar-refractivity contribution in [3.05, 3.63) is 28.2 Å².